The average Bonchev–Trinajstić information content (AvgIpc) is 2.61. The predicted molar refractivity (Wildman–Crippen MR) is 108 cm³/mol. The van der Waals surface area contributed by atoms with Crippen molar-refractivity contribution in [1.29, 1.82) is 0 Å². The van der Waals surface area contributed by atoms with E-state index >= 15 is 0 Å². The Morgan fingerprint density at radius 3 is 2.92 bits per heavy atom. The molecule has 1 saturated heterocycles. The Bertz CT molecular complexity index is 593. The van der Waals surface area contributed by atoms with Crippen LogP contribution in [-0.2, 0) is 4.79 Å². The van der Waals surface area contributed by atoms with Crippen LogP contribution in [0.1, 0.15) is 18.0 Å². The Kier molecular flexibility index (Phi) is 7.47. The van der Waals surface area contributed by atoms with Crippen molar-refractivity contribution in [2.24, 2.45) is 10.7 Å². The highest BCUT2D eigenvalue weighted by Crippen LogP contribution is 2.31. The van der Waals surface area contributed by atoms with E-state index in [2.05, 4.69) is 10.3 Å². The van der Waals surface area contributed by atoms with Gasteiger partial charge in [0.2, 0.25) is 5.91 Å². The summed E-state index contributed by atoms with van der Waals surface area (Å²) in [6.07, 6.45) is 0.769. The molecule has 0 bridgehead atoms. The molecular formula is C16H23IN4O2S. The third kappa shape index (κ3) is 4.92. The van der Waals surface area contributed by atoms with Crippen molar-refractivity contribution < 1.29 is 9.53 Å². The van der Waals surface area contributed by atoms with Gasteiger partial charge in [-0.15, -0.1) is 24.0 Å². The lowest BCUT2D eigenvalue weighted by Gasteiger charge is -2.27. The number of nitrogens with zero attached hydrogens (tertiary/aromatic N) is 2. The molecule has 24 heavy (non-hydrogen) atoms. The van der Waals surface area contributed by atoms with E-state index in [1.807, 2.05) is 40.9 Å². The van der Waals surface area contributed by atoms with Crippen molar-refractivity contribution in [3.8, 4) is 5.75 Å². The molecule has 1 atom stereocenters. The number of aliphatic imine (C=N–C) groups is 1. The molecule has 132 valence electrons. The second kappa shape index (κ2) is 9.36. The number of nitrogens with one attached hydrogen (secondary N) is 1. The molecule has 1 aromatic carbocycles. The number of halogens is 1. The van der Waals surface area contributed by atoms with Crippen LogP contribution in [0.15, 0.2) is 29.3 Å². The van der Waals surface area contributed by atoms with Gasteiger partial charge in [-0.1, -0.05) is 18.2 Å². The number of para-hydroxylation sites is 1. The maximum Gasteiger partial charge on any atom is 0.242 e. The van der Waals surface area contributed by atoms with E-state index in [9.17, 15) is 4.79 Å². The largest absolute Gasteiger partial charge is 0.493 e. The first-order chi connectivity index (χ1) is 11.2. The Morgan fingerprint density at radius 2 is 2.12 bits per heavy atom. The number of hydrogen-bond acceptors (Lipinski definition) is 4. The summed E-state index contributed by atoms with van der Waals surface area (Å²) >= 11 is 1.91. The van der Waals surface area contributed by atoms with Gasteiger partial charge in [0.1, 0.15) is 12.3 Å². The molecule has 0 aliphatic carbocycles. The molecule has 1 aromatic rings. The molecular weight excluding hydrogens is 439 g/mol. The number of ether oxygens (including phenoxy) is 1. The van der Waals surface area contributed by atoms with E-state index in [0.717, 1.165) is 42.3 Å². The Morgan fingerprint density at radius 1 is 1.38 bits per heavy atom. The number of carbonyl (C=O) groups is 1. The van der Waals surface area contributed by atoms with Gasteiger partial charge in [0.25, 0.3) is 0 Å². The average molecular weight is 462 g/mol. The van der Waals surface area contributed by atoms with E-state index in [1.165, 1.54) is 0 Å². The Balaban J connectivity index is 0.00000208. The summed E-state index contributed by atoms with van der Waals surface area (Å²) in [7, 11) is 0. The lowest BCUT2D eigenvalue weighted by molar-refractivity contribution is -0.120. The highest BCUT2D eigenvalue weighted by molar-refractivity contribution is 14.0. The first kappa shape index (κ1) is 19.2. The smallest absolute Gasteiger partial charge is 0.242 e. The molecule has 0 aromatic heterocycles. The first-order valence-electron chi connectivity index (χ1n) is 7.88. The van der Waals surface area contributed by atoms with Gasteiger partial charge in [-0.25, -0.2) is 4.99 Å². The van der Waals surface area contributed by atoms with Gasteiger partial charge in [0.05, 0.1) is 12.6 Å². The summed E-state index contributed by atoms with van der Waals surface area (Å²) in [5.41, 5.74) is 7.00. The van der Waals surface area contributed by atoms with Gasteiger partial charge in [0.15, 0.2) is 5.96 Å². The maximum atomic E-state index is 12.2. The zero-order valence-corrected chi connectivity index (χ0v) is 16.6. The van der Waals surface area contributed by atoms with Crippen molar-refractivity contribution in [3.63, 3.8) is 0 Å². The van der Waals surface area contributed by atoms with Crippen molar-refractivity contribution in [1.82, 2.24) is 10.2 Å². The minimum absolute atomic E-state index is 0. The summed E-state index contributed by atoms with van der Waals surface area (Å²) in [6, 6.07) is 7.79. The molecule has 0 spiro atoms. The van der Waals surface area contributed by atoms with E-state index in [1.54, 1.807) is 0 Å². The SMILES string of the molecule is I.NC(=NCC(=O)NC1CCOc2ccccc21)N1CCSCC1. The number of carbonyl (C=O) groups excluding carboxylic acids is 1. The molecule has 2 aliphatic rings. The fourth-order valence-electron chi connectivity index (χ4n) is 2.78. The Labute approximate surface area is 163 Å². The summed E-state index contributed by atoms with van der Waals surface area (Å²) in [5.74, 6) is 3.31. The second-order valence-corrected chi connectivity index (χ2v) is 6.79. The lowest BCUT2D eigenvalue weighted by atomic mass is 10.0. The van der Waals surface area contributed by atoms with Crippen LogP contribution in [0.2, 0.25) is 0 Å². The fourth-order valence-corrected chi connectivity index (χ4v) is 3.68. The van der Waals surface area contributed by atoms with Crippen LogP contribution in [-0.4, -0.2) is 54.5 Å². The standard InChI is InChI=1S/C16H22N4O2S.HI/c17-16(20-6-9-23-10-7-20)18-11-15(21)19-13-5-8-22-14-4-2-1-3-12(13)14;/h1-4,13H,5-11H2,(H2,17,18)(H,19,21);1H. The summed E-state index contributed by atoms with van der Waals surface area (Å²) in [4.78, 5) is 18.4. The zero-order chi connectivity index (χ0) is 16.1. The normalized spacial score (nSPS) is 20.4. The molecule has 1 fully saturated rings. The highest BCUT2D eigenvalue weighted by atomic mass is 127. The number of thioether (sulfide) groups is 1. The van der Waals surface area contributed by atoms with Crippen LogP contribution >= 0.6 is 35.7 Å². The van der Waals surface area contributed by atoms with Gasteiger partial charge < -0.3 is 20.7 Å². The van der Waals surface area contributed by atoms with Crippen molar-refractivity contribution in [2.75, 3.05) is 37.7 Å². The lowest BCUT2D eigenvalue weighted by Crippen LogP contribution is -2.43. The fraction of sp³-hybridized carbons (Fsp3) is 0.500. The van der Waals surface area contributed by atoms with Crippen LogP contribution in [0.3, 0.4) is 0 Å². The van der Waals surface area contributed by atoms with Crippen LogP contribution in [0.5, 0.6) is 5.75 Å². The topological polar surface area (TPSA) is 79.9 Å². The molecule has 1 amide bonds. The van der Waals surface area contributed by atoms with Gasteiger partial charge in [-0.2, -0.15) is 11.8 Å². The zero-order valence-electron chi connectivity index (χ0n) is 13.4. The molecule has 1 unspecified atom stereocenters. The molecule has 0 saturated carbocycles. The summed E-state index contributed by atoms with van der Waals surface area (Å²) in [6.45, 7) is 2.47. The maximum absolute atomic E-state index is 12.2. The third-order valence-corrected chi connectivity index (χ3v) is 4.96. The first-order valence-corrected chi connectivity index (χ1v) is 9.03. The van der Waals surface area contributed by atoms with Crippen LogP contribution in [0.25, 0.3) is 0 Å². The van der Waals surface area contributed by atoms with Gasteiger partial charge in [-0.05, 0) is 6.07 Å². The molecule has 3 N–H and O–H groups in total. The van der Waals surface area contributed by atoms with Crippen molar-refractivity contribution in [3.05, 3.63) is 29.8 Å². The van der Waals surface area contributed by atoms with E-state index in [4.69, 9.17) is 10.5 Å². The van der Waals surface area contributed by atoms with E-state index < -0.39 is 0 Å². The van der Waals surface area contributed by atoms with E-state index in [0.29, 0.717) is 12.6 Å². The molecule has 8 heteroatoms. The molecule has 6 nitrogen and oxygen atoms in total. The van der Waals surface area contributed by atoms with Crippen LogP contribution < -0.4 is 15.8 Å². The molecule has 3 rings (SSSR count). The quantitative estimate of drug-likeness (QED) is 0.406. The van der Waals surface area contributed by atoms with Gasteiger partial charge >= 0.3 is 0 Å². The number of amides is 1. The number of rotatable bonds is 3. The van der Waals surface area contributed by atoms with Crippen LogP contribution in [0, 0.1) is 0 Å². The number of benzene rings is 1. The molecule has 2 heterocycles. The highest BCUT2D eigenvalue weighted by Gasteiger charge is 2.22. The third-order valence-electron chi connectivity index (χ3n) is 4.01. The van der Waals surface area contributed by atoms with Crippen molar-refractivity contribution >= 4 is 47.6 Å². The number of hydrogen-bond donors (Lipinski definition) is 2. The van der Waals surface area contributed by atoms with Gasteiger partial charge in [-0.3, -0.25) is 4.79 Å². The molecule has 2 aliphatic heterocycles. The summed E-state index contributed by atoms with van der Waals surface area (Å²) < 4.78 is 5.61. The minimum atomic E-state index is -0.110. The molecule has 0 radical (unpaired) electrons. The number of guanidine groups is 1. The Hall–Kier alpha value is -1.16. The minimum Gasteiger partial charge on any atom is -0.493 e. The number of nitrogens with two attached hydrogens (primary N) is 1. The van der Waals surface area contributed by atoms with Gasteiger partial charge in [0, 0.05) is 36.6 Å². The predicted octanol–water partition coefficient (Wildman–Crippen LogP) is 1.61. The van der Waals surface area contributed by atoms with Crippen LogP contribution in [0.4, 0.5) is 0 Å². The second-order valence-electron chi connectivity index (χ2n) is 5.57. The number of fused-ring (bicyclic) bond motifs is 1. The monoisotopic (exact) mass is 462 g/mol. The summed E-state index contributed by atoms with van der Waals surface area (Å²) in [5, 5.41) is 3.03. The van der Waals surface area contributed by atoms with E-state index in [-0.39, 0.29) is 42.5 Å². The van der Waals surface area contributed by atoms with Crippen molar-refractivity contribution in [2.45, 2.75) is 12.5 Å².